The Labute approximate surface area is 141 Å². The third-order valence-electron chi connectivity index (χ3n) is 3.01. The Kier molecular flexibility index (Phi) is 6.10. The summed E-state index contributed by atoms with van der Waals surface area (Å²) in [6.45, 7) is 0.0721. The molecule has 0 fully saturated rings. The summed E-state index contributed by atoms with van der Waals surface area (Å²) in [5, 5.41) is 16.4. The van der Waals surface area contributed by atoms with Crippen molar-refractivity contribution >= 4 is 23.5 Å². The van der Waals surface area contributed by atoms with Gasteiger partial charge in [-0.2, -0.15) is 0 Å². The summed E-state index contributed by atoms with van der Waals surface area (Å²) in [6.07, 6.45) is 1.01. The third kappa shape index (κ3) is 5.65. The topological polar surface area (TPSA) is 93.8 Å². The fourth-order valence-electron chi connectivity index (χ4n) is 1.79. The molecule has 0 saturated heterocycles. The van der Waals surface area contributed by atoms with Crippen molar-refractivity contribution in [2.45, 2.75) is 13.0 Å². The summed E-state index contributed by atoms with van der Waals surface area (Å²) in [5.74, 6) is -2.16. The van der Waals surface area contributed by atoms with E-state index in [4.69, 9.17) is 4.84 Å². The van der Waals surface area contributed by atoms with Crippen molar-refractivity contribution in [1.82, 2.24) is 0 Å². The van der Waals surface area contributed by atoms with E-state index >= 15 is 0 Å². The van der Waals surface area contributed by atoms with Crippen molar-refractivity contribution in [2.24, 2.45) is 5.16 Å². The van der Waals surface area contributed by atoms with Gasteiger partial charge in [0.05, 0.1) is 23.2 Å². The summed E-state index contributed by atoms with van der Waals surface area (Å²) in [5.41, 5.74) is 0.504. The van der Waals surface area contributed by atoms with Gasteiger partial charge < -0.3 is 10.2 Å². The van der Waals surface area contributed by atoms with Crippen LogP contribution in [0.5, 0.6) is 0 Å². The average molecular weight is 349 g/mol. The Balaban J connectivity index is 1.75. The lowest BCUT2D eigenvalue weighted by molar-refractivity contribution is -0.384. The number of carbonyl (C=O) groups excluding carboxylic acids is 1. The predicted octanol–water partition coefficient (Wildman–Crippen LogP) is 3.40. The number of halogens is 2. The van der Waals surface area contributed by atoms with Crippen LogP contribution in [-0.2, 0) is 16.2 Å². The van der Waals surface area contributed by atoms with Crippen LogP contribution in [0.4, 0.5) is 20.2 Å². The standard InChI is InChI=1S/C16H13F2N3O4/c17-12-3-6-15(14(18)9-12)20-16(22)7-8-19-25-10-11-1-4-13(5-2-11)21(23)24/h1-6,8-9H,7,10H2,(H,20,22)/b19-8+. The van der Waals surface area contributed by atoms with Gasteiger partial charge in [-0.3, -0.25) is 14.9 Å². The number of rotatable bonds is 7. The number of nitrogens with one attached hydrogen (secondary N) is 1. The lowest BCUT2D eigenvalue weighted by Gasteiger charge is -2.04. The lowest BCUT2D eigenvalue weighted by Crippen LogP contribution is -2.13. The molecule has 2 aromatic carbocycles. The zero-order valence-corrected chi connectivity index (χ0v) is 12.8. The molecular formula is C16H13F2N3O4. The second kappa shape index (κ2) is 8.48. The van der Waals surface area contributed by atoms with Crippen molar-refractivity contribution in [3.8, 4) is 0 Å². The van der Waals surface area contributed by atoms with Crippen LogP contribution >= 0.6 is 0 Å². The predicted molar refractivity (Wildman–Crippen MR) is 86.0 cm³/mol. The van der Waals surface area contributed by atoms with Gasteiger partial charge in [-0.1, -0.05) is 5.16 Å². The molecule has 9 heteroatoms. The Morgan fingerprint density at radius 1 is 1.24 bits per heavy atom. The van der Waals surface area contributed by atoms with Crippen molar-refractivity contribution in [2.75, 3.05) is 5.32 Å². The quantitative estimate of drug-likeness (QED) is 0.471. The van der Waals surface area contributed by atoms with E-state index in [1.54, 1.807) is 0 Å². The number of nitrogens with zero attached hydrogens (tertiary/aromatic N) is 2. The molecule has 1 amide bonds. The van der Waals surface area contributed by atoms with Crippen LogP contribution in [-0.4, -0.2) is 17.0 Å². The highest BCUT2D eigenvalue weighted by atomic mass is 19.1. The van der Waals surface area contributed by atoms with E-state index in [1.165, 1.54) is 30.5 Å². The molecular weight excluding hydrogens is 336 g/mol. The molecule has 0 aliphatic heterocycles. The highest BCUT2D eigenvalue weighted by Gasteiger charge is 2.07. The molecule has 0 bridgehead atoms. The van der Waals surface area contributed by atoms with Gasteiger partial charge in [-0.15, -0.1) is 0 Å². The third-order valence-corrected chi connectivity index (χ3v) is 3.01. The van der Waals surface area contributed by atoms with Gasteiger partial charge in [0.1, 0.15) is 18.2 Å². The van der Waals surface area contributed by atoms with Crippen LogP contribution in [0.1, 0.15) is 12.0 Å². The molecule has 0 unspecified atom stereocenters. The Bertz CT molecular complexity index is 794. The summed E-state index contributed by atoms with van der Waals surface area (Å²) in [4.78, 5) is 26.6. The van der Waals surface area contributed by atoms with Crippen LogP contribution in [0.15, 0.2) is 47.6 Å². The monoisotopic (exact) mass is 349 g/mol. The van der Waals surface area contributed by atoms with E-state index in [1.807, 2.05) is 0 Å². The SMILES string of the molecule is O=C(C/C=N/OCc1ccc([N+](=O)[O-])cc1)Nc1ccc(F)cc1F. The smallest absolute Gasteiger partial charge is 0.269 e. The summed E-state index contributed by atoms with van der Waals surface area (Å²) >= 11 is 0. The maximum Gasteiger partial charge on any atom is 0.269 e. The van der Waals surface area contributed by atoms with Gasteiger partial charge in [0.25, 0.3) is 5.69 Å². The largest absolute Gasteiger partial charge is 0.391 e. The number of carbonyl (C=O) groups is 1. The van der Waals surface area contributed by atoms with Crippen LogP contribution in [0.2, 0.25) is 0 Å². The molecule has 1 N–H and O–H groups in total. The number of non-ortho nitro benzene ring substituents is 1. The summed E-state index contributed by atoms with van der Waals surface area (Å²) in [6, 6.07) is 8.54. The first-order valence-corrected chi connectivity index (χ1v) is 7.08. The number of oxime groups is 1. The summed E-state index contributed by atoms with van der Waals surface area (Å²) in [7, 11) is 0. The van der Waals surface area contributed by atoms with Gasteiger partial charge in [-0.05, 0) is 29.8 Å². The maximum absolute atomic E-state index is 13.4. The van der Waals surface area contributed by atoms with Crippen molar-refractivity contribution in [1.29, 1.82) is 0 Å². The minimum absolute atomic E-state index is 0.0306. The van der Waals surface area contributed by atoms with Gasteiger partial charge in [0, 0.05) is 18.2 Å². The normalized spacial score (nSPS) is 10.6. The maximum atomic E-state index is 13.4. The first kappa shape index (κ1) is 18.0. The second-order valence-corrected chi connectivity index (χ2v) is 4.86. The molecule has 0 radical (unpaired) electrons. The van der Waals surface area contributed by atoms with Crippen LogP contribution in [0.25, 0.3) is 0 Å². The van der Waals surface area contributed by atoms with Crippen LogP contribution in [0, 0.1) is 21.7 Å². The molecule has 130 valence electrons. The van der Waals surface area contributed by atoms with Gasteiger partial charge in [0.15, 0.2) is 0 Å². The molecule has 0 aliphatic carbocycles. The van der Waals surface area contributed by atoms with Crippen molar-refractivity contribution in [3.05, 3.63) is 69.8 Å². The van der Waals surface area contributed by atoms with E-state index in [-0.39, 0.29) is 24.4 Å². The number of hydrogen-bond donors (Lipinski definition) is 1. The first-order chi connectivity index (χ1) is 12.0. The molecule has 2 aromatic rings. The fraction of sp³-hybridized carbons (Fsp3) is 0.125. The molecule has 0 aliphatic rings. The molecule has 0 atom stereocenters. The van der Waals surface area contributed by atoms with Gasteiger partial charge >= 0.3 is 0 Å². The Hall–Kier alpha value is -3.36. The van der Waals surface area contributed by atoms with Crippen LogP contribution in [0.3, 0.4) is 0 Å². The zero-order valence-electron chi connectivity index (χ0n) is 12.8. The minimum Gasteiger partial charge on any atom is -0.391 e. The van der Waals surface area contributed by atoms with E-state index in [0.29, 0.717) is 11.6 Å². The van der Waals surface area contributed by atoms with E-state index in [2.05, 4.69) is 10.5 Å². The molecule has 0 spiro atoms. The molecule has 0 heterocycles. The Morgan fingerprint density at radius 3 is 2.60 bits per heavy atom. The van der Waals surface area contributed by atoms with Crippen LogP contribution < -0.4 is 5.32 Å². The molecule has 0 aromatic heterocycles. The molecule has 25 heavy (non-hydrogen) atoms. The van der Waals surface area contributed by atoms with Gasteiger partial charge in [-0.25, -0.2) is 8.78 Å². The number of hydrogen-bond acceptors (Lipinski definition) is 5. The number of nitro benzene ring substituents is 1. The van der Waals surface area contributed by atoms with E-state index in [9.17, 15) is 23.7 Å². The van der Waals surface area contributed by atoms with Crippen molar-refractivity contribution in [3.63, 3.8) is 0 Å². The molecule has 0 saturated carbocycles. The highest BCUT2D eigenvalue weighted by molar-refractivity contribution is 5.99. The number of amides is 1. The second-order valence-electron chi connectivity index (χ2n) is 4.86. The highest BCUT2D eigenvalue weighted by Crippen LogP contribution is 2.15. The first-order valence-electron chi connectivity index (χ1n) is 7.08. The van der Waals surface area contributed by atoms with E-state index in [0.717, 1.165) is 12.1 Å². The zero-order chi connectivity index (χ0) is 18.2. The van der Waals surface area contributed by atoms with E-state index < -0.39 is 22.5 Å². The fourth-order valence-corrected chi connectivity index (χ4v) is 1.79. The van der Waals surface area contributed by atoms with Crippen molar-refractivity contribution < 1.29 is 23.3 Å². The average Bonchev–Trinajstić information content (AvgIpc) is 2.57. The van der Waals surface area contributed by atoms with Gasteiger partial charge in [0.2, 0.25) is 5.91 Å². The number of benzene rings is 2. The molecule has 7 nitrogen and oxygen atoms in total. The number of anilines is 1. The Morgan fingerprint density at radius 2 is 1.96 bits per heavy atom. The molecule has 2 rings (SSSR count). The lowest BCUT2D eigenvalue weighted by atomic mass is 10.2. The number of nitro groups is 1. The summed E-state index contributed by atoms with van der Waals surface area (Å²) < 4.78 is 26.1. The minimum atomic E-state index is -0.875.